The van der Waals surface area contributed by atoms with Crippen LogP contribution in [0.4, 0.5) is 65.9 Å². The molecule has 2 fully saturated rings. The second-order valence-corrected chi connectivity index (χ2v) is 21.8. The average Bonchev–Trinajstić information content (AvgIpc) is 1.49. The Kier molecular flexibility index (Phi) is 32.8. The maximum atomic E-state index is 15.5. The molecule has 16 nitrogen and oxygen atoms in total. The highest BCUT2D eigenvalue weighted by Crippen LogP contribution is 2.68. The zero-order valence-electron chi connectivity index (χ0n) is 52.1. The molecule has 0 heterocycles. The lowest BCUT2D eigenvalue weighted by Crippen LogP contribution is -2.89. The first kappa shape index (κ1) is 82.7. The van der Waals surface area contributed by atoms with Gasteiger partial charge in [-0.1, -0.05) is 56.0 Å². The molecule has 4 N–H and O–H groups in total. The van der Waals surface area contributed by atoms with Gasteiger partial charge in [0.05, 0.1) is 40.6 Å². The Morgan fingerprint density at radius 1 is 0.423 bits per heavy atom. The van der Waals surface area contributed by atoms with Crippen LogP contribution in [0.1, 0.15) is 141 Å². The summed E-state index contributed by atoms with van der Waals surface area (Å²) >= 11 is 3.13. The quantitative estimate of drug-likeness (QED) is 0.0175. The first-order valence-electron chi connectivity index (χ1n) is 29.1. The van der Waals surface area contributed by atoms with Crippen molar-refractivity contribution in [2.75, 3.05) is 0 Å². The first-order chi connectivity index (χ1) is 45.3. The van der Waals surface area contributed by atoms with E-state index in [1.165, 1.54) is 69.5 Å². The van der Waals surface area contributed by atoms with Crippen LogP contribution in [0.15, 0.2) is 162 Å². The second-order valence-electron chi connectivity index (χ2n) is 20.9. The normalized spacial score (nSPS) is 17.7. The van der Waals surface area contributed by atoms with Gasteiger partial charge in [0.15, 0.2) is 0 Å². The van der Waals surface area contributed by atoms with E-state index >= 15 is 8.78 Å². The van der Waals surface area contributed by atoms with Crippen LogP contribution in [0.2, 0.25) is 0 Å². The zero-order valence-corrected chi connectivity index (χ0v) is 53.7. The second kappa shape index (κ2) is 38.5. The number of aromatic carboxylic acids is 1. The molecule has 8 atom stereocenters. The topological polar surface area (TPSA) is 223 Å². The molecule has 0 radical (unpaired) electrons. The minimum absolute atomic E-state index is 0.0218. The minimum atomic E-state index is -5.69. The molecular formula is C65H66BrF15O16. The number of carbonyl (C=O) groups is 4. The highest BCUT2D eigenvalue weighted by Gasteiger charge is 3.03. The predicted octanol–water partition coefficient (Wildman–Crippen LogP) is 17.8. The van der Waals surface area contributed by atoms with Gasteiger partial charge in [0, 0.05) is 23.7 Å². The lowest BCUT2D eigenvalue weighted by molar-refractivity contribution is -0.527. The molecule has 0 aromatic heterocycles. The van der Waals surface area contributed by atoms with Crippen molar-refractivity contribution in [3.63, 3.8) is 0 Å². The highest BCUT2D eigenvalue weighted by molar-refractivity contribution is 9.10. The summed E-state index contributed by atoms with van der Waals surface area (Å²) in [7, 11) is 0. The van der Waals surface area contributed by atoms with Gasteiger partial charge in [-0.2, -0.15) is 65.9 Å². The van der Waals surface area contributed by atoms with Crippen LogP contribution in [0.25, 0.3) is 0 Å². The van der Waals surface area contributed by atoms with E-state index in [9.17, 15) is 91.6 Å². The number of esters is 3. The summed E-state index contributed by atoms with van der Waals surface area (Å²) in [6.45, 7) is 9.93. The fourth-order valence-corrected chi connectivity index (χ4v) is 7.76. The van der Waals surface area contributed by atoms with E-state index in [1.807, 2.05) is 6.92 Å². The Hall–Kier alpha value is -8.49. The van der Waals surface area contributed by atoms with Gasteiger partial charge in [0.2, 0.25) is 0 Å². The van der Waals surface area contributed by atoms with E-state index in [0.29, 0.717) is 25.7 Å². The summed E-state index contributed by atoms with van der Waals surface area (Å²) in [4.78, 5) is 46.9. The number of carboxylic acids is 1. The molecule has 97 heavy (non-hydrogen) atoms. The van der Waals surface area contributed by atoms with Crippen molar-refractivity contribution in [1.82, 2.24) is 0 Å². The average molecular weight is 1470 g/mol. The molecular weight excluding hydrogens is 1400 g/mol. The smallest absolute Gasteiger partial charge is 0.395 e. The van der Waals surface area contributed by atoms with E-state index in [1.54, 1.807) is 32.9 Å². The lowest BCUT2D eigenvalue weighted by Gasteiger charge is -2.55. The number of ether oxygens (including phenoxy) is 8. The monoisotopic (exact) mass is 1470 g/mol. The van der Waals surface area contributed by atoms with Crippen LogP contribution in [0.3, 0.4) is 0 Å². The van der Waals surface area contributed by atoms with Gasteiger partial charge in [-0.15, -0.1) is 0 Å². The molecule has 7 rings (SSSR count). The Morgan fingerprint density at radius 3 is 0.959 bits per heavy atom. The molecule has 0 saturated heterocycles. The zero-order chi connectivity index (χ0) is 73.2. The number of alkyl halides is 6. The van der Waals surface area contributed by atoms with Crippen LogP contribution in [-0.4, -0.2) is 104 Å². The Labute approximate surface area is 553 Å². The molecule has 0 aliphatic heterocycles. The fraction of sp³-hybridized carbons (Fsp3) is 0.385. The van der Waals surface area contributed by atoms with E-state index in [0.717, 1.165) is 77.3 Å². The van der Waals surface area contributed by atoms with Gasteiger partial charge in [-0.05, 0) is 161 Å². The molecule has 2 aliphatic rings. The number of hydrogen-bond donors (Lipinski definition) is 4. The van der Waals surface area contributed by atoms with Crippen LogP contribution in [0.5, 0.6) is 28.7 Å². The molecule has 5 aromatic rings. The van der Waals surface area contributed by atoms with Crippen molar-refractivity contribution in [3.8, 4) is 28.7 Å². The van der Waals surface area contributed by atoms with Gasteiger partial charge < -0.3 is 58.3 Å². The van der Waals surface area contributed by atoms with Crippen LogP contribution in [-0.2, 0) is 14.2 Å². The third kappa shape index (κ3) is 25.5. The summed E-state index contributed by atoms with van der Waals surface area (Å²) in [6, 6.07) is 16.2. The molecule has 534 valence electrons. The molecule has 8 unspecified atom stereocenters. The molecule has 2 aliphatic carbocycles. The molecule has 0 amide bonds. The van der Waals surface area contributed by atoms with E-state index in [2.05, 4.69) is 39.6 Å². The maximum absolute atomic E-state index is 15.5. The number of benzene rings is 5. The minimum Gasteiger partial charge on any atom is -0.478 e. The number of carboxylic acid groups (broad SMARTS) is 1. The Bertz CT molecular complexity index is 3400. The van der Waals surface area contributed by atoms with Gasteiger partial charge in [-0.25, -0.2) is 19.2 Å². The number of aliphatic hydroxyl groups is 3. The molecule has 32 heteroatoms. The third-order valence-corrected chi connectivity index (χ3v) is 13.4. The Balaban J connectivity index is 0.000000379. The molecule has 5 aromatic carbocycles. The van der Waals surface area contributed by atoms with Gasteiger partial charge in [0.1, 0.15) is 47.1 Å². The summed E-state index contributed by atoms with van der Waals surface area (Å²) in [6.07, 6.45) is -4.98. The number of hydrogen-bond acceptors (Lipinski definition) is 15. The van der Waals surface area contributed by atoms with Crippen molar-refractivity contribution in [3.05, 3.63) is 184 Å². The summed E-state index contributed by atoms with van der Waals surface area (Å²) in [5.41, 5.74) is -0.175. The summed E-state index contributed by atoms with van der Waals surface area (Å²) < 4.78 is 233. The van der Waals surface area contributed by atoms with Crippen molar-refractivity contribution >= 4 is 39.8 Å². The molecule has 0 bridgehead atoms. The van der Waals surface area contributed by atoms with Crippen molar-refractivity contribution in [2.24, 2.45) is 0 Å². The maximum Gasteiger partial charge on any atom is 0.395 e. The van der Waals surface area contributed by atoms with Crippen molar-refractivity contribution in [2.45, 2.75) is 160 Å². The van der Waals surface area contributed by atoms with Gasteiger partial charge in [0.25, 0.3) is 0 Å². The third-order valence-electron chi connectivity index (χ3n) is 12.8. The van der Waals surface area contributed by atoms with Gasteiger partial charge in [-0.3, -0.25) is 0 Å². The highest BCUT2D eigenvalue weighted by atomic mass is 79.9. The van der Waals surface area contributed by atoms with Gasteiger partial charge >= 0.3 is 83.7 Å². The number of rotatable bonds is 26. The van der Waals surface area contributed by atoms with Crippen LogP contribution >= 0.6 is 15.9 Å². The number of halogens is 16. The predicted molar refractivity (Wildman–Crippen MR) is 320 cm³/mol. The lowest BCUT2D eigenvalue weighted by atomic mass is 9.76. The first-order valence-corrected chi connectivity index (χ1v) is 29.9. The van der Waals surface area contributed by atoms with E-state index in [-0.39, 0.29) is 52.3 Å². The Morgan fingerprint density at radius 2 is 0.701 bits per heavy atom. The summed E-state index contributed by atoms with van der Waals surface area (Å²) in [5.74, 6) is -27.0. The van der Waals surface area contributed by atoms with Crippen LogP contribution in [0, 0.1) is 0 Å². The number of carbonyl (C=O) groups excluding carboxylic acids is 3. The fourth-order valence-electron chi connectivity index (χ4n) is 7.50. The van der Waals surface area contributed by atoms with Crippen molar-refractivity contribution in [1.29, 1.82) is 0 Å². The standard InChI is InChI=1S/C30H34F6O8.C15H17F3O4.C9H5F3O3.C8H4BrF3O.C3H6/c1-5-21(38)16-18(4)41-25(39)19-7-11-23(12-8-19)43-29(35)27(31,32)28(33,34)30(29,36)44-24-13-9-20(10-14-24)26(40)42-22(6-2)15-17(3)37;1-3-11(19)8-9(2)21-15(20)10-4-6-12(7-5-10)22-14(18)13(16)17;10-7(11)8(12)15-6-3-1-5(2-4-6)9(13)14;9-5-1-3-6(4-2-5)13-8(12)7(10)11;1-2-3-1/h7-14,17-18,21-22,37-38H,5-6,15-16H2,1-4H3;4-7,9,11,19H,3,8H2,1-2H3;1-4H,(H,13,14);1-4H;1-3H2. The SMILES string of the molecule is C1CC1.CCC(O)CC(C)OC(=O)c1ccc(OC(F)=C(F)F)cc1.CCC(O)CC(C)OC(=O)c1ccc(OC2(F)C(F)(F)C(F)(F)C2(F)Oc2ccc(C(=O)OC(CC)CC(C)O)cc2)cc1.FC(F)=C(F)Oc1ccc(Br)cc1.O=C(O)c1ccc(OC(F)=C(F)F)cc1. The molecule has 0 spiro atoms. The summed E-state index contributed by atoms with van der Waals surface area (Å²) in [5, 5.41) is 37.1. The van der Waals surface area contributed by atoms with E-state index in [4.69, 9.17) is 19.3 Å². The van der Waals surface area contributed by atoms with Crippen molar-refractivity contribution < 1.29 is 143 Å². The largest absolute Gasteiger partial charge is 0.478 e. The molecule has 2 saturated carbocycles. The number of aliphatic hydroxyl groups excluding tert-OH is 3. The van der Waals surface area contributed by atoms with Crippen LogP contribution < -0.4 is 23.7 Å². The van der Waals surface area contributed by atoms with E-state index < -0.39 is 132 Å².